The maximum Gasteiger partial charge on any atom is 0.191 e. The van der Waals surface area contributed by atoms with E-state index in [1.54, 1.807) is 26.4 Å². The highest BCUT2D eigenvalue weighted by atomic mass is 127. The third-order valence-corrected chi connectivity index (χ3v) is 3.88. The number of ether oxygens (including phenoxy) is 2. The van der Waals surface area contributed by atoms with Gasteiger partial charge in [0, 0.05) is 32.9 Å². The Morgan fingerprint density at radius 1 is 1.23 bits per heavy atom. The molecular formula is C19H33FIN3O2. The van der Waals surface area contributed by atoms with Crippen LogP contribution in [0.25, 0.3) is 0 Å². The molecule has 0 bridgehead atoms. The molecule has 1 aromatic carbocycles. The molecule has 0 aromatic heterocycles. The lowest BCUT2D eigenvalue weighted by atomic mass is 9.89. The Balaban J connectivity index is 0.00000625. The van der Waals surface area contributed by atoms with Crippen molar-refractivity contribution in [3.63, 3.8) is 0 Å². The van der Waals surface area contributed by atoms with Crippen molar-refractivity contribution in [3.8, 4) is 0 Å². The Morgan fingerprint density at radius 2 is 1.92 bits per heavy atom. The smallest absolute Gasteiger partial charge is 0.191 e. The molecule has 0 aliphatic carbocycles. The molecule has 1 aromatic rings. The first-order chi connectivity index (χ1) is 11.8. The van der Waals surface area contributed by atoms with Crippen LogP contribution < -0.4 is 10.6 Å². The van der Waals surface area contributed by atoms with Gasteiger partial charge < -0.3 is 20.1 Å². The van der Waals surface area contributed by atoms with Gasteiger partial charge in [-0.3, -0.25) is 0 Å². The fraction of sp³-hybridized carbons (Fsp3) is 0.632. The normalized spacial score (nSPS) is 13.1. The van der Waals surface area contributed by atoms with Gasteiger partial charge in [-0.05, 0) is 30.0 Å². The van der Waals surface area contributed by atoms with E-state index in [1.165, 1.54) is 6.07 Å². The van der Waals surface area contributed by atoms with Crippen molar-refractivity contribution in [2.24, 2.45) is 10.4 Å². The summed E-state index contributed by atoms with van der Waals surface area (Å²) in [5.74, 6) is 0.458. The summed E-state index contributed by atoms with van der Waals surface area (Å²) < 4.78 is 24.3. The predicted octanol–water partition coefficient (Wildman–Crippen LogP) is 3.71. The molecule has 0 spiro atoms. The monoisotopic (exact) mass is 481 g/mol. The van der Waals surface area contributed by atoms with Crippen molar-refractivity contribution in [3.05, 3.63) is 35.1 Å². The molecule has 7 heteroatoms. The Bertz CT molecular complexity index is 562. The zero-order chi connectivity index (χ0) is 18.9. The maximum atomic E-state index is 13.7. The average molecular weight is 481 g/mol. The molecule has 0 saturated carbocycles. The topological polar surface area (TPSA) is 54.9 Å². The summed E-state index contributed by atoms with van der Waals surface area (Å²) in [4.78, 5) is 4.58. The molecule has 2 N–H and O–H groups in total. The van der Waals surface area contributed by atoms with Crippen LogP contribution in [0.5, 0.6) is 0 Å². The molecule has 0 saturated heterocycles. The van der Waals surface area contributed by atoms with Gasteiger partial charge in [-0.15, -0.1) is 24.0 Å². The Kier molecular flexibility index (Phi) is 12.0. The maximum absolute atomic E-state index is 13.7. The first kappa shape index (κ1) is 25.1. The summed E-state index contributed by atoms with van der Waals surface area (Å²) in [7, 11) is 3.27. The van der Waals surface area contributed by atoms with E-state index in [-0.39, 0.29) is 47.9 Å². The van der Waals surface area contributed by atoms with Gasteiger partial charge in [-0.25, -0.2) is 9.38 Å². The predicted molar refractivity (Wildman–Crippen MR) is 116 cm³/mol. The van der Waals surface area contributed by atoms with Crippen LogP contribution in [0.1, 0.15) is 38.8 Å². The molecule has 150 valence electrons. The van der Waals surface area contributed by atoms with E-state index in [0.29, 0.717) is 24.6 Å². The largest absolute Gasteiger partial charge is 0.380 e. The number of guanidine groups is 1. The summed E-state index contributed by atoms with van der Waals surface area (Å²) in [5.41, 5.74) is 1.51. The van der Waals surface area contributed by atoms with Crippen molar-refractivity contribution in [1.82, 2.24) is 10.6 Å². The lowest BCUT2D eigenvalue weighted by molar-refractivity contribution is 0.0205. The molecule has 0 amide bonds. The molecule has 0 radical (unpaired) electrons. The van der Waals surface area contributed by atoms with Crippen LogP contribution in [-0.4, -0.2) is 39.4 Å². The minimum Gasteiger partial charge on any atom is -0.380 e. The van der Waals surface area contributed by atoms with Crippen LogP contribution in [0.3, 0.4) is 0 Å². The molecular weight excluding hydrogens is 448 g/mol. The minimum atomic E-state index is -0.257. The van der Waals surface area contributed by atoms with Gasteiger partial charge in [-0.1, -0.05) is 26.8 Å². The first-order valence-electron chi connectivity index (χ1n) is 8.63. The van der Waals surface area contributed by atoms with Crippen molar-refractivity contribution in [1.29, 1.82) is 0 Å². The van der Waals surface area contributed by atoms with Gasteiger partial charge in [0.05, 0.1) is 19.3 Å². The van der Waals surface area contributed by atoms with Crippen LogP contribution in [0, 0.1) is 11.2 Å². The minimum absolute atomic E-state index is 0. The van der Waals surface area contributed by atoms with Crippen molar-refractivity contribution >= 4 is 29.9 Å². The molecule has 0 aliphatic heterocycles. The second-order valence-electron chi connectivity index (χ2n) is 7.03. The molecule has 0 heterocycles. The molecule has 26 heavy (non-hydrogen) atoms. The highest BCUT2D eigenvalue weighted by Gasteiger charge is 2.24. The number of hydrogen-bond donors (Lipinski definition) is 2. The van der Waals surface area contributed by atoms with Crippen molar-refractivity contribution in [2.75, 3.05) is 27.3 Å². The van der Waals surface area contributed by atoms with Gasteiger partial charge in [0.15, 0.2) is 5.96 Å². The molecule has 5 nitrogen and oxygen atoms in total. The Hall–Kier alpha value is -0.930. The van der Waals surface area contributed by atoms with Gasteiger partial charge in [0.2, 0.25) is 0 Å². The van der Waals surface area contributed by atoms with E-state index in [2.05, 4.69) is 36.4 Å². The number of nitrogens with one attached hydrogen (secondary N) is 2. The highest BCUT2D eigenvalue weighted by Crippen LogP contribution is 2.21. The zero-order valence-electron chi connectivity index (χ0n) is 16.7. The van der Waals surface area contributed by atoms with E-state index in [1.807, 2.05) is 6.92 Å². The molecule has 1 atom stereocenters. The Labute approximate surface area is 174 Å². The van der Waals surface area contributed by atoms with Gasteiger partial charge >= 0.3 is 0 Å². The lowest BCUT2D eigenvalue weighted by Crippen LogP contribution is -2.45. The van der Waals surface area contributed by atoms with Crippen LogP contribution in [0.2, 0.25) is 0 Å². The summed E-state index contributed by atoms with van der Waals surface area (Å²) in [6.45, 7) is 10.6. The van der Waals surface area contributed by atoms with Crippen LogP contribution >= 0.6 is 24.0 Å². The van der Waals surface area contributed by atoms with Crippen molar-refractivity contribution < 1.29 is 13.9 Å². The number of hydrogen-bond acceptors (Lipinski definition) is 3. The number of methoxy groups -OCH3 is 2. The number of halogens is 2. The van der Waals surface area contributed by atoms with E-state index in [9.17, 15) is 4.39 Å². The standard InChI is InChI=1S/C19H32FN3O2.HI/c1-7-21-18(23-12-17(25-6)19(2,3)4)22-11-14-8-9-16(20)15(10-14)13-24-5;/h8-10,17H,7,11-13H2,1-6H3,(H2,21,22,23);1H. The molecule has 0 aliphatic rings. The van der Waals surface area contributed by atoms with Crippen LogP contribution in [0.15, 0.2) is 23.2 Å². The Morgan fingerprint density at radius 3 is 2.46 bits per heavy atom. The second-order valence-corrected chi connectivity index (χ2v) is 7.03. The third kappa shape index (κ3) is 8.64. The van der Waals surface area contributed by atoms with Gasteiger partial charge in [0.1, 0.15) is 5.82 Å². The van der Waals surface area contributed by atoms with Gasteiger partial charge in [-0.2, -0.15) is 0 Å². The zero-order valence-corrected chi connectivity index (χ0v) is 19.0. The number of aliphatic imine (C=N–C) groups is 1. The third-order valence-electron chi connectivity index (χ3n) is 3.88. The summed E-state index contributed by atoms with van der Waals surface area (Å²) in [6, 6.07) is 4.99. The number of nitrogens with zero attached hydrogens (tertiary/aromatic N) is 1. The summed E-state index contributed by atoms with van der Waals surface area (Å²) in [6.07, 6.45) is 0.0653. The van der Waals surface area contributed by atoms with Crippen LogP contribution in [-0.2, 0) is 22.6 Å². The SMILES string of the molecule is CCNC(=NCc1ccc(F)c(COC)c1)NCC(OC)C(C)(C)C.I. The number of rotatable bonds is 8. The van der Waals surface area contributed by atoms with E-state index in [0.717, 1.165) is 12.1 Å². The second kappa shape index (κ2) is 12.5. The molecule has 1 rings (SSSR count). The van der Waals surface area contributed by atoms with Crippen molar-refractivity contribution in [2.45, 2.75) is 47.0 Å². The summed E-state index contributed by atoms with van der Waals surface area (Å²) >= 11 is 0. The first-order valence-corrected chi connectivity index (χ1v) is 8.63. The highest BCUT2D eigenvalue weighted by molar-refractivity contribution is 14.0. The average Bonchev–Trinajstić information content (AvgIpc) is 2.54. The van der Waals surface area contributed by atoms with E-state index in [4.69, 9.17) is 9.47 Å². The number of benzene rings is 1. The lowest BCUT2D eigenvalue weighted by Gasteiger charge is -2.30. The quantitative estimate of drug-likeness (QED) is 0.338. The van der Waals surface area contributed by atoms with Gasteiger partial charge in [0.25, 0.3) is 0 Å². The fourth-order valence-corrected chi connectivity index (χ4v) is 2.44. The van der Waals surface area contributed by atoms with E-state index >= 15 is 0 Å². The van der Waals surface area contributed by atoms with E-state index < -0.39 is 0 Å². The molecule has 0 fully saturated rings. The van der Waals surface area contributed by atoms with Crippen LogP contribution in [0.4, 0.5) is 4.39 Å². The fourth-order valence-electron chi connectivity index (χ4n) is 2.44. The molecule has 1 unspecified atom stereocenters. The summed E-state index contributed by atoms with van der Waals surface area (Å²) in [5, 5.41) is 6.53.